The van der Waals surface area contributed by atoms with Crippen LogP contribution in [0, 0.1) is 0 Å². The summed E-state index contributed by atoms with van der Waals surface area (Å²) in [5.74, 6) is 1.19. The molecule has 0 atom stereocenters. The Balaban J connectivity index is 2.11. The van der Waals surface area contributed by atoms with E-state index < -0.39 is 0 Å². The molecule has 6 heteroatoms. The minimum absolute atomic E-state index is 0.244. The van der Waals surface area contributed by atoms with Gasteiger partial charge in [0.05, 0.1) is 0 Å². The second-order valence-corrected chi connectivity index (χ2v) is 3.80. The summed E-state index contributed by atoms with van der Waals surface area (Å²) in [6.07, 6.45) is 1.93. The molecule has 0 aliphatic carbocycles. The van der Waals surface area contributed by atoms with Gasteiger partial charge in [0, 0.05) is 10.6 Å². The van der Waals surface area contributed by atoms with Gasteiger partial charge < -0.3 is 15.0 Å². The van der Waals surface area contributed by atoms with Gasteiger partial charge in [-0.05, 0) is 25.1 Å². The quantitative estimate of drug-likeness (QED) is 0.880. The lowest BCUT2D eigenvalue weighted by Gasteiger charge is -2.10. The summed E-state index contributed by atoms with van der Waals surface area (Å²) < 4.78 is 10.2. The summed E-state index contributed by atoms with van der Waals surface area (Å²) in [4.78, 5) is 3.87. The molecule has 1 heterocycles. The predicted molar refractivity (Wildman–Crippen MR) is 62.8 cm³/mol. The van der Waals surface area contributed by atoms with E-state index in [1.807, 2.05) is 18.2 Å². The highest BCUT2D eigenvalue weighted by molar-refractivity contribution is 6.31. The Morgan fingerprint density at radius 1 is 1.41 bits per heavy atom. The molecule has 5 nitrogen and oxygen atoms in total. The number of nitrogens with two attached hydrogens (primary N) is 1. The third-order valence-corrected chi connectivity index (χ3v) is 2.59. The van der Waals surface area contributed by atoms with Crippen molar-refractivity contribution in [1.29, 1.82) is 0 Å². The average Bonchev–Trinajstić information content (AvgIpc) is 2.83. The summed E-state index contributed by atoms with van der Waals surface area (Å²) in [5.41, 5.74) is 6.44. The van der Waals surface area contributed by atoms with Crippen LogP contribution in [0.3, 0.4) is 0 Å². The Morgan fingerprint density at radius 2 is 2.29 bits per heavy atom. The van der Waals surface area contributed by atoms with Gasteiger partial charge in [0.1, 0.15) is 5.75 Å². The molecule has 17 heavy (non-hydrogen) atoms. The minimum atomic E-state index is 0.244. The molecule has 0 saturated carbocycles. The lowest BCUT2D eigenvalue weighted by atomic mass is 10.1. The van der Waals surface area contributed by atoms with E-state index in [9.17, 15) is 0 Å². The maximum atomic E-state index is 6.08. The molecule has 0 aliphatic heterocycles. The highest BCUT2D eigenvalue weighted by Gasteiger charge is 2.08. The molecular weight excluding hydrogens is 242 g/mol. The van der Waals surface area contributed by atoms with E-state index in [-0.39, 0.29) is 6.61 Å². The largest absolute Gasteiger partial charge is 0.485 e. The second-order valence-electron chi connectivity index (χ2n) is 3.39. The minimum Gasteiger partial charge on any atom is -0.485 e. The van der Waals surface area contributed by atoms with Gasteiger partial charge in [0.15, 0.2) is 6.61 Å². The van der Waals surface area contributed by atoms with Crippen molar-refractivity contribution in [2.45, 2.75) is 13.0 Å². The standard InChI is InChI=1S/C11H12ClN3O2/c12-9-2-1-3-10(8(9)4-5-13)16-6-11-14-7-17-15-11/h1-3,7H,4-6,13H2. The summed E-state index contributed by atoms with van der Waals surface area (Å²) in [5, 5.41) is 4.31. The number of aromatic nitrogens is 2. The first-order valence-electron chi connectivity index (χ1n) is 5.16. The topological polar surface area (TPSA) is 74.2 Å². The number of ether oxygens (including phenoxy) is 1. The molecule has 1 aromatic heterocycles. The molecule has 2 N–H and O–H groups in total. The first-order chi connectivity index (χ1) is 8.31. The van der Waals surface area contributed by atoms with Gasteiger partial charge in [-0.2, -0.15) is 4.98 Å². The van der Waals surface area contributed by atoms with E-state index in [2.05, 4.69) is 14.7 Å². The fourth-order valence-electron chi connectivity index (χ4n) is 1.46. The van der Waals surface area contributed by atoms with Crippen molar-refractivity contribution >= 4 is 11.6 Å². The van der Waals surface area contributed by atoms with Gasteiger partial charge in [-0.25, -0.2) is 0 Å². The number of benzene rings is 1. The van der Waals surface area contributed by atoms with Gasteiger partial charge in [-0.3, -0.25) is 0 Å². The fraction of sp³-hybridized carbons (Fsp3) is 0.273. The molecule has 0 radical (unpaired) electrons. The van der Waals surface area contributed by atoms with Crippen molar-refractivity contribution in [3.8, 4) is 5.75 Å². The number of halogens is 1. The molecule has 0 bridgehead atoms. The van der Waals surface area contributed by atoms with Crippen LogP contribution in [0.5, 0.6) is 5.75 Å². The molecule has 0 aliphatic rings. The summed E-state index contributed by atoms with van der Waals surface area (Å²) in [6, 6.07) is 5.48. The highest BCUT2D eigenvalue weighted by Crippen LogP contribution is 2.27. The molecule has 2 rings (SSSR count). The van der Waals surface area contributed by atoms with Crippen LogP contribution >= 0.6 is 11.6 Å². The number of hydrogen-bond acceptors (Lipinski definition) is 5. The zero-order valence-electron chi connectivity index (χ0n) is 9.10. The van der Waals surface area contributed by atoms with Crippen molar-refractivity contribution in [2.75, 3.05) is 6.54 Å². The van der Waals surface area contributed by atoms with Gasteiger partial charge in [0.2, 0.25) is 12.2 Å². The van der Waals surface area contributed by atoms with Crippen LogP contribution in [-0.2, 0) is 13.0 Å². The maximum absolute atomic E-state index is 6.08. The molecule has 0 spiro atoms. The van der Waals surface area contributed by atoms with E-state index in [1.165, 1.54) is 6.39 Å². The zero-order chi connectivity index (χ0) is 12.1. The van der Waals surface area contributed by atoms with Crippen LogP contribution in [0.1, 0.15) is 11.4 Å². The van der Waals surface area contributed by atoms with Crippen LogP contribution in [0.25, 0.3) is 0 Å². The monoisotopic (exact) mass is 253 g/mol. The molecule has 2 aromatic rings. The summed E-state index contributed by atoms with van der Waals surface area (Å²) >= 11 is 6.08. The fourth-order valence-corrected chi connectivity index (χ4v) is 1.72. The molecule has 1 aromatic carbocycles. The van der Waals surface area contributed by atoms with Gasteiger partial charge >= 0.3 is 0 Å². The van der Waals surface area contributed by atoms with E-state index in [1.54, 1.807) is 0 Å². The molecule has 0 saturated heterocycles. The Hall–Kier alpha value is -1.59. The summed E-state index contributed by atoms with van der Waals surface area (Å²) in [7, 11) is 0. The smallest absolute Gasteiger partial charge is 0.213 e. The Labute approximate surface area is 104 Å². The number of hydrogen-bond donors (Lipinski definition) is 1. The highest BCUT2D eigenvalue weighted by atomic mass is 35.5. The van der Waals surface area contributed by atoms with Crippen molar-refractivity contribution < 1.29 is 9.26 Å². The first-order valence-corrected chi connectivity index (χ1v) is 5.54. The maximum Gasteiger partial charge on any atom is 0.213 e. The SMILES string of the molecule is NCCc1c(Cl)cccc1OCc1ncon1. The van der Waals surface area contributed by atoms with Gasteiger partial charge in [-0.15, -0.1) is 0 Å². The van der Waals surface area contributed by atoms with Crippen LogP contribution in [0.4, 0.5) is 0 Å². The van der Waals surface area contributed by atoms with Crippen LogP contribution < -0.4 is 10.5 Å². The van der Waals surface area contributed by atoms with E-state index in [0.717, 1.165) is 5.56 Å². The predicted octanol–water partition coefficient (Wildman–Crippen LogP) is 1.80. The Morgan fingerprint density at radius 3 is 3.00 bits per heavy atom. The molecule has 0 amide bonds. The molecular formula is C11H12ClN3O2. The molecule has 0 fully saturated rings. The van der Waals surface area contributed by atoms with E-state index in [4.69, 9.17) is 22.1 Å². The Kier molecular flexibility index (Phi) is 3.95. The van der Waals surface area contributed by atoms with Gasteiger partial charge in [0.25, 0.3) is 0 Å². The average molecular weight is 254 g/mol. The van der Waals surface area contributed by atoms with Crippen LogP contribution in [0.2, 0.25) is 5.02 Å². The number of rotatable bonds is 5. The van der Waals surface area contributed by atoms with Crippen LogP contribution in [0.15, 0.2) is 29.1 Å². The lowest BCUT2D eigenvalue weighted by Crippen LogP contribution is -2.06. The van der Waals surface area contributed by atoms with Gasteiger partial charge in [-0.1, -0.05) is 22.8 Å². The summed E-state index contributed by atoms with van der Waals surface area (Å²) in [6.45, 7) is 0.761. The van der Waals surface area contributed by atoms with Crippen LogP contribution in [-0.4, -0.2) is 16.7 Å². The second kappa shape index (κ2) is 5.65. The molecule has 90 valence electrons. The van der Waals surface area contributed by atoms with E-state index in [0.29, 0.717) is 29.6 Å². The lowest BCUT2D eigenvalue weighted by molar-refractivity contribution is 0.284. The Bertz CT molecular complexity index is 474. The first kappa shape index (κ1) is 11.9. The molecule has 0 unspecified atom stereocenters. The third-order valence-electron chi connectivity index (χ3n) is 2.23. The van der Waals surface area contributed by atoms with E-state index >= 15 is 0 Å². The van der Waals surface area contributed by atoms with Crippen molar-refractivity contribution in [1.82, 2.24) is 10.1 Å². The van der Waals surface area contributed by atoms with Crippen molar-refractivity contribution in [3.63, 3.8) is 0 Å². The van der Waals surface area contributed by atoms with Crippen molar-refractivity contribution in [2.24, 2.45) is 5.73 Å². The third kappa shape index (κ3) is 2.95. The zero-order valence-corrected chi connectivity index (χ0v) is 9.85. The van der Waals surface area contributed by atoms with Crippen molar-refractivity contribution in [3.05, 3.63) is 41.0 Å². The number of nitrogens with zero attached hydrogens (tertiary/aromatic N) is 2. The normalized spacial score (nSPS) is 10.5.